The highest BCUT2D eigenvalue weighted by atomic mass is 16.1. The molecule has 33 heavy (non-hydrogen) atoms. The van der Waals surface area contributed by atoms with E-state index in [9.17, 15) is 4.79 Å². The Morgan fingerprint density at radius 1 is 0.788 bits per heavy atom. The van der Waals surface area contributed by atoms with Gasteiger partial charge < -0.3 is 9.80 Å². The average Bonchev–Trinajstić information content (AvgIpc) is 2.79. The SMILES string of the molecule is CCCCCCCC/C=C/CCCCCCCC(=O)NCCC[N+](C)(C)Cc1ccccc1. The molecule has 3 heteroatoms. The molecule has 0 radical (unpaired) electrons. The number of rotatable bonds is 21. The fourth-order valence-corrected chi connectivity index (χ4v) is 4.34. The third-order valence-corrected chi connectivity index (χ3v) is 6.38. The van der Waals surface area contributed by atoms with E-state index < -0.39 is 0 Å². The van der Waals surface area contributed by atoms with Crippen molar-refractivity contribution < 1.29 is 9.28 Å². The number of amides is 1. The second-order valence-corrected chi connectivity index (χ2v) is 10.3. The minimum absolute atomic E-state index is 0.223. The lowest BCUT2D eigenvalue weighted by Gasteiger charge is -2.30. The number of carbonyl (C=O) groups is 1. The van der Waals surface area contributed by atoms with Gasteiger partial charge in [-0.25, -0.2) is 0 Å². The predicted molar refractivity (Wildman–Crippen MR) is 144 cm³/mol. The molecule has 188 valence electrons. The fraction of sp³-hybridized carbons (Fsp3) is 0.700. The third kappa shape index (κ3) is 18.5. The summed E-state index contributed by atoms with van der Waals surface area (Å²) >= 11 is 0. The number of allylic oxidation sites excluding steroid dienone is 2. The minimum atomic E-state index is 0.223. The van der Waals surface area contributed by atoms with Crippen LogP contribution in [0.5, 0.6) is 0 Å². The highest BCUT2D eigenvalue weighted by molar-refractivity contribution is 5.75. The molecule has 0 spiro atoms. The number of unbranched alkanes of at least 4 members (excludes halogenated alkanes) is 11. The van der Waals surface area contributed by atoms with Crippen molar-refractivity contribution in [3.05, 3.63) is 48.0 Å². The maximum absolute atomic E-state index is 12.1. The maximum Gasteiger partial charge on any atom is 0.219 e. The van der Waals surface area contributed by atoms with Crippen LogP contribution in [0.25, 0.3) is 0 Å². The van der Waals surface area contributed by atoms with E-state index in [1.165, 1.54) is 82.6 Å². The smallest absolute Gasteiger partial charge is 0.219 e. The van der Waals surface area contributed by atoms with E-state index in [0.717, 1.165) is 37.0 Å². The molecule has 0 aliphatic heterocycles. The van der Waals surface area contributed by atoms with Crippen LogP contribution in [0.2, 0.25) is 0 Å². The molecule has 0 saturated carbocycles. The molecule has 1 rings (SSSR count). The summed E-state index contributed by atoms with van der Waals surface area (Å²) in [6.07, 6.45) is 23.3. The largest absolute Gasteiger partial charge is 0.356 e. The quantitative estimate of drug-likeness (QED) is 0.114. The molecule has 0 saturated heterocycles. The van der Waals surface area contributed by atoms with Gasteiger partial charge in [0, 0.05) is 24.9 Å². The van der Waals surface area contributed by atoms with Gasteiger partial charge in [-0.15, -0.1) is 0 Å². The monoisotopic (exact) mass is 457 g/mol. The molecule has 1 amide bonds. The molecule has 1 N–H and O–H groups in total. The summed E-state index contributed by atoms with van der Waals surface area (Å²) in [6, 6.07) is 10.6. The average molecular weight is 458 g/mol. The molecular formula is C30H53N2O+. The number of nitrogens with one attached hydrogen (secondary N) is 1. The van der Waals surface area contributed by atoms with E-state index in [0.29, 0.717) is 6.42 Å². The first-order chi connectivity index (χ1) is 16.0. The first-order valence-corrected chi connectivity index (χ1v) is 13.8. The van der Waals surface area contributed by atoms with E-state index in [4.69, 9.17) is 0 Å². The van der Waals surface area contributed by atoms with Crippen LogP contribution < -0.4 is 5.32 Å². The summed E-state index contributed by atoms with van der Waals surface area (Å²) in [5, 5.41) is 3.11. The Balaban J connectivity index is 1.88. The first-order valence-electron chi connectivity index (χ1n) is 13.8. The Bertz CT molecular complexity index is 609. The molecule has 1 aromatic rings. The number of carbonyl (C=O) groups excluding carboxylic acids is 1. The third-order valence-electron chi connectivity index (χ3n) is 6.38. The van der Waals surface area contributed by atoms with Crippen LogP contribution in [-0.2, 0) is 11.3 Å². The first kappa shape index (κ1) is 29.4. The van der Waals surface area contributed by atoms with Crippen molar-refractivity contribution in [1.29, 1.82) is 0 Å². The van der Waals surface area contributed by atoms with Crippen molar-refractivity contribution in [2.24, 2.45) is 0 Å². The van der Waals surface area contributed by atoms with E-state index >= 15 is 0 Å². The lowest BCUT2D eigenvalue weighted by atomic mass is 10.1. The van der Waals surface area contributed by atoms with E-state index in [1.807, 2.05) is 0 Å². The molecule has 0 aromatic heterocycles. The number of hydrogen-bond donors (Lipinski definition) is 1. The topological polar surface area (TPSA) is 29.1 Å². The Morgan fingerprint density at radius 2 is 1.36 bits per heavy atom. The molecule has 0 aliphatic rings. The Hall–Kier alpha value is -1.61. The zero-order valence-corrected chi connectivity index (χ0v) is 22.1. The van der Waals surface area contributed by atoms with Gasteiger partial charge in [-0.2, -0.15) is 0 Å². The van der Waals surface area contributed by atoms with Crippen LogP contribution in [0.4, 0.5) is 0 Å². The van der Waals surface area contributed by atoms with E-state index in [2.05, 4.69) is 68.8 Å². The molecule has 0 atom stereocenters. The minimum Gasteiger partial charge on any atom is -0.356 e. The second kappa shape index (κ2) is 19.8. The Morgan fingerprint density at radius 3 is 2.00 bits per heavy atom. The van der Waals surface area contributed by atoms with Crippen molar-refractivity contribution in [1.82, 2.24) is 5.32 Å². The van der Waals surface area contributed by atoms with Gasteiger partial charge in [0.15, 0.2) is 0 Å². The number of hydrogen-bond acceptors (Lipinski definition) is 1. The normalized spacial score (nSPS) is 11.8. The van der Waals surface area contributed by atoms with Gasteiger partial charge in [-0.1, -0.05) is 101 Å². The highest BCUT2D eigenvalue weighted by Gasteiger charge is 2.15. The van der Waals surface area contributed by atoms with Crippen LogP contribution in [0.3, 0.4) is 0 Å². The maximum atomic E-state index is 12.1. The summed E-state index contributed by atoms with van der Waals surface area (Å²) in [5.41, 5.74) is 1.37. The second-order valence-electron chi connectivity index (χ2n) is 10.3. The summed E-state index contributed by atoms with van der Waals surface area (Å²) < 4.78 is 0.952. The summed E-state index contributed by atoms with van der Waals surface area (Å²) in [7, 11) is 4.53. The zero-order chi connectivity index (χ0) is 24.0. The van der Waals surface area contributed by atoms with Gasteiger partial charge in [0.05, 0.1) is 20.6 Å². The van der Waals surface area contributed by atoms with Gasteiger partial charge in [0.25, 0.3) is 0 Å². The summed E-state index contributed by atoms with van der Waals surface area (Å²) in [6.45, 7) is 5.17. The number of benzene rings is 1. The van der Waals surface area contributed by atoms with Crippen molar-refractivity contribution in [3.8, 4) is 0 Å². The molecule has 0 unspecified atom stereocenters. The lowest BCUT2D eigenvalue weighted by Crippen LogP contribution is -2.41. The fourth-order valence-electron chi connectivity index (χ4n) is 4.34. The molecule has 1 aromatic carbocycles. The molecular weight excluding hydrogens is 404 g/mol. The van der Waals surface area contributed by atoms with Gasteiger partial charge in [0.2, 0.25) is 5.91 Å². The molecule has 3 nitrogen and oxygen atoms in total. The molecule has 0 aliphatic carbocycles. The van der Waals surface area contributed by atoms with Crippen LogP contribution in [-0.4, -0.2) is 37.6 Å². The molecule has 0 bridgehead atoms. The van der Waals surface area contributed by atoms with E-state index in [1.54, 1.807) is 0 Å². The van der Waals surface area contributed by atoms with Crippen LogP contribution in [0.15, 0.2) is 42.5 Å². The number of quaternary nitrogens is 1. The standard InChI is InChI=1S/C30H52N2O/c1-4-5-6-7-8-9-10-11-12-13-14-15-16-17-21-25-30(33)31-26-22-27-32(2,3)28-29-23-19-18-20-24-29/h11-12,18-20,23-24H,4-10,13-17,21-22,25-28H2,1-3H3/p+1/b12-11+. The van der Waals surface area contributed by atoms with Gasteiger partial charge in [0.1, 0.15) is 6.54 Å². The Kier molecular flexibility index (Phi) is 17.7. The van der Waals surface area contributed by atoms with E-state index in [-0.39, 0.29) is 5.91 Å². The van der Waals surface area contributed by atoms with Crippen LogP contribution >= 0.6 is 0 Å². The number of nitrogens with zero attached hydrogens (tertiary/aromatic N) is 1. The van der Waals surface area contributed by atoms with Crippen LogP contribution in [0.1, 0.15) is 109 Å². The van der Waals surface area contributed by atoms with Crippen molar-refractivity contribution >= 4 is 5.91 Å². The molecule has 0 fully saturated rings. The highest BCUT2D eigenvalue weighted by Crippen LogP contribution is 2.11. The lowest BCUT2D eigenvalue weighted by molar-refractivity contribution is -0.903. The van der Waals surface area contributed by atoms with Crippen molar-refractivity contribution in [2.75, 3.05) is 27.2 Å². The van der Waals surface area contributed by atoms with Crippen molar-refractivity contribution in [3.63, 3.8) is 0 Å². The van der Waals surface area contributed by atoms with Crippen LogP contribution in [0, 0.1) is 0 Å². The summed E-state index contributed by atoms with van der Waals surface area (Å²) in [5.74, 6) is 0.223. The van der Waals surface area contributed by atoms with Gasteiger partial charge in [-0.3, -0.25) is 4.79 Å². The zero-order valence-electron chi connectivity index (χ0n) is 22.1. The van der Waals surface area contributed by atoms with Gasteiger partial charge in [-0.05, 0) is 32.1 Å². The van der Waals surface area contributed by atoms with Gasteiger partial charge >= 0.3 is 0 Å². The predicted octanol–water partition coefficient (Wildman–Crippen LogP) is 7.81. The summed E-state index contributed by atoms with van der Waals surface area (Å²) in [4.78, 5) is 12.1. The molecule has 0 heterocycles. The van der Waals surface area contributed by atoms with Crippen molar-refractivity contribution in [2.45, 2.75) is 110 Å². The Labute approximate surface area is 205 Å².